The SMILES string of the molecule is NS(=O)(=O)N1CCN(C(=O)Nc2ccc(F)cc2)CC1. The second kappa shape index (κ2) is 5.73. The van der Waals surface area contributed by atoms with Crippen LogP contribution in [0.4, 0.5) is 14.9 Å². The van der Waals surface area contributed by atoms with E-state index in [1.165, 1.54) is 29.2 Å². The van der Waals surface area contributed by atoms with Gasteiger partial charge in [0.1, 0.15) is 5.82 Å². The van der Waals surface area contributed by atoms with Crippen molar-refractivity contribution in [3.63, 3.8) is 0 Å². The molecule has 0 aromatic heterocycles. The van der Waals surface area contributed by atoms with Crippen molar-refractivity contribution in [1.29, 1.82) is 0 Å². The zero-order valence-electron chi connectivity index (χ0n) is 10.6. The standard InChI is InChI=1S/C11H15FN4O3S/c12-9-1-3-10(4-2-9)14-11(17)15-5-7-16(8-6-15)20(13,18)19/h1-4H,5-8H2,(H,14,17)(H2,13,18,19). The van der Waals surface area contributed by atoms with E-state index in [9.17, 15) is 17.6 Å². The van der Waals surface area contributed by atoms with E-state index in [1.54, 1.807) is 0 Å². The number of benzene rings is 1. The summed E-state index contributed by atoms with van der Waals surface area (Å²) < 4.78 is 36.1. The van der Waals surface area contributed by atoms with Crippen LogP contribution in [0.1, 0.15) is 0 Å². The van der Waals surface area contributed by atoms with Gasteiger partial charge in [0.25, 0.3) is 10.2 Å². The summed E-state index contributed by atoms with van der Waals surface area (Å²) in [5.41, 5.74) is 0.477. The fourth-order valence-corrected chi connectivity index (χ4v) is 2.55. The molecule has 2 amide bonds. The van der Waals surface area contributed by atoms with Crippen LogP contribution in [0.2, 0.25) is 0 Å². The maximum atomic E-state index is 12.7. The van der Waals surface area contributed by atoms with Crippen LogP contribution >= 0.6 is 0 Å². The molecule has 110 valence electrons. The minimum atomic E-state index is -3.71. The third-order valence-corrected chi connectivity index (χ3v) is 4.07. The zero-order chi connectivity index (χ0) is 14.8. The molecule has 0 aliphatic carbocycles. The summed E-state index contributed by atoms with van der Waals surface area (Å²) in [4.78, 5) is 13.4. The molecule has 0 radical (unpaired) electrons. The molecule has 0 unspecified atom stereocenters. The molecule has 1 heterocycles. The Morgan fingerprint density at radius 2 is 1.70 bits per heavy atom. The third-order valence-electron chi connectivity index (χ3n) is 2.98. The van der Waals surface area contributed by atoms with Crippen LogP contribution in [0.25, 0.3) is 0 Å². The molecule has 1 aliphatic rings. The van der Waals surface area contributed by atoms with Gasteiger partial charge in [-0.05, 0) is 24.3 Å². The number of carbonyl (C=O) groups is 1. The molecule has 20 heavy (non-hydrogen) atoms. The van der Waals surface area contributed by atoms with Crippen LogP contribution in [0, 0.1) is 5.82 Å². The third kappa shape index (κ3) is 3.65. The van der Waals surface area contributed by atoms with E-state index >= 15 is 0 Å². The number of hydrogen-bond acceptors (Lipinski definition) is 3. The topological polar surface area (TPSA) is 95.7 Å². The van der Waals surface area contributed by atoms with Gasteiger partial charge in [-0.3, -0.25) is 0 Å². The first-order valence-corrected chi connectivity index (χ1v) is 7.46. The van der Waals surface area contributed by atoms with Crippen LogP contribution in [0.15, 0.2) is 24.3 Å². The van der Waals surface area contributed by atoms with Crippen molar-refractivity contribution in [1.82, 2.24) is 9.21 Å². The van der Waals surface area contributed by atoms with Gasteiger partial charge in [-0.25, -0.2) is 14.3 Å². The Labute approximate surface area is 116 Å². The highest BCUT2D eigenvalue weighted by molar-refractivity contribution is 7.86. The number of carbonyl (C=O) groups excluding carboxylic acids is 1. The summed E-state index contributed by atoms with van der Waals surface area (Å²) in [6.45, 7) is 0.832. The van der Waals surface area contributed by atoms with E-state index in [-0.39, 0.29) is 38.0 Å². The molecule has 1 aromatic carbocycles. The van der Waals surface area contributed by atoms with Crippen molar-refractivity contribution in [2.24, 2.45) is 5.14 Å². The van der Waals surface area contributed by atoms with Crippen molar-refractivity contribution >= 4 is 21.9 Å². The van der Waals surface area contributed by atoms with Crippen LogP contribution in [-0.2, 0) is 10.2 Å². The van der Waals surface area contributed by atoms with Crippen molar-refractivity contribution in [2.75, 3.05) is 31.5 Å². The van der Waals surface area contributed by atoms with Crippen molar-refractivity contribution in [3.8, 4) is 0 Å². The van der Waals surface area contributed by atoms with E-state index in [1.807, 2.05) is 0 Å². The van der Waals surface area contributed by atoms with Gasteiger partial charge in [-0.2, -0.15) is 12.7 Å². The molecule has 1 fully saturated rings. The molecule has 7 nitrogen and oxygen atoms in total. The average molecular weight is 302 g/mol. The highest BCUT2D eigenvalue weighted by Crippen LogP contribution is 2.11. The summed E-state index contributed by atoms with van der Waals surface area (Å²) in [6, 6.07) is 5.04. The number of nitrogens with two attached hydrogens (primary N) is 1. The number of nitrogens with one attached hydrogen (secondary N) is 1. The van der Waals surface area contributed by atoms with Gasteiger partial charge in [0.05, 0.1) is 0 Å². The normalized spacial score (nSPS) is 17.0. The van der Waals surface area contributed by atoms with Gasteiger partial charge in [0.2, 0.25) is 0 Å². The lowest BCUT2D eigenvalue weighted by Gasteiger charge is -2.32. The maximum absolute atomic E-state index is 12.7. The van der Waals surface area contributed by atoms with E-state index in [2.05, 4.69) is 5.32 Å². The number of rotatable bonds is 2. The Bertz CT molecular complexity index is 582. The summed E-state index contributed by atoms with van der Waals surface area (Å²) in [5, 5.41) is 7.63. The lowest BCUT2D eigenvalue weighted by Crippen LogP contribution is -2.53. The lowest BCUT2D eigenvalue weighted by molar-refractivity contribution is 0.184. The Morgan fingerprint density at radius 1 is 1.15 bits per heavy atom. The summed E-state index contributed by atoms with van der Waals surface area (Å²) in [7, 11) is -3.71. The van der Waals surface area contributed by atoms with Crippen molar-refractivity contribution < 1.29 is 17.6 Å². The minimum Gasteiger partial charge on any atom is -0.322 e. The Kier molecular flexibility index (Phi) is 4.21. The zero-order valence-corrected chi connectivity index (χ0v) is 11.4. The first kappa shape index (κ1) is 14.7. The van der Waals surface area contributed by atoms with Gasteiger partial charge in [0.15, 0.2) is 0 Å². The predicted octanol–water partition coefficient (Wildman–Crippen LogP) is 0.179. The molecule has 2 rings (SSSR count). The molecular formula is C11H15FN4O3S. The van der Waals surface area contributed by atoms with Crippen LogP contribution in [0.5, 0.6) is 0 Å². The highest BCUT2D eigenvalue weighted by atomic mass is 32.2. The first-order chi connectivity index (χ1) is 9.36. The molecule has 3 N–H and O–H groups in total. The number of hydrogen-bond donors (Lipinski definition) is 2. The predicted molar refractivity (Wildman–Crippen MR) is 71.7 cm³/mol. The Morgan fingerprint density at radius 3 is 2.20 bits per heavy atom. The molecule has 0 atom stereocenters. The molecule has 0 saturated carbocycles. The minimum absolute atomic E-state index is 0.162. The largest absolute Gasteiger partial charge is 0.322 e. The van der Waals surface area contributed by atoms with Gasteiger partial charge in [0, 0.05) is 31.9 Å². The number of piperazine rings is 1. The molecular weight excluding hydrogens is 287 g/mol. The summed E-state index contributed by atoms with van der Waals surface area (Å²) >= 11 is 0. The summed E-state index contributed by atoms with van der Waals surface area (Å²) in [6.07, 6.45) is 0. The maximum Gasteiger partial charge on any atom is 0.321 e. The van der Waals surface area contributed by atoms with Gasteiger partial charge in [-0.1, -0.05) is 0 Å². The number of anilines is 1. The van der Waals surface area contributed by atoms with E-state index in [4.69, 9.17) is 5.14 Å². The number of nitrogens with zero attached hydrogens (tertiary/aromatic N) is 2. The van der Waals surface area contributed by atoms with Crippen LogP contribution in [-0.4, -0.2) is 49.8 Å². The van der Waals surface area contributed by atoms with Crippen LogP contribution < -0.4 is 10.5 Å². The smallest absolute Gasteiger partial charge is 0.321 e. The highest BCUT2D eigenvalue weighted by Gasteiger charge is 2.26. The second-order valence-electron chi connectivity index (χ2n) is 4.37. The van der Waals surface area contributed by atoms with Gasteiger partial charge < -0.3 is 10.2 Å². The van der Waals surface area contributed by atoms with E-state index in [0.29, 0.717) is 5.69 Å². The average Bonchev–Trinajstić information content (AvgIpc) is 2.40. The number of halogens is 1. The molecule has 9 heteroatoms. The van der Waals surface area contributed by atoms with Gasteiger partial charge in [-0.15, -0.1) is 0 Å². The Balaban J connectivity index is 1.90. The molecule has 1 aliphatic heterocycles. The lowest BCUT2D eigenvalue weighted by atomic mass is 10.3. The summed E-state index contributed by atoms with van der Waals surface area (Å²) in [5.74, 6) is -0.384. The molecule has 0 spiro atoms. The van der Waals surface area contributed by atoms with Crippen molar-refractivity contribution in [2.45, 2.75) is 0 Å². The molecule has 0 bridgehead atoms. The second-order valence-corrected chi connectivity index (χ2v) is 5.91. The Hall–Kier alpha value is -1.71. The monoisotopic (exact) mass is 302 g/mol. The van der Waals surface area contributed by atoms with E-state index in [0.717, 1.165) is 4.31 Å². The molecule has 1 aromatic rings. The van der Waals surface area contributed by atoms with Crippen LogP contribution in [0.3, 0.4) is 0 Å². The van der Waals surface area contributed by atoms with E-state index < -0.39 is 10.2 Å². The molecule has 1 saturated heterocycles. The van der Waals surface area contributed by atoms with Gasteiger partial charge >= 0.3 is 6.03 Å². The number of amides is 2. The fraction of sp³-hybridized carbons (Fsp3) is 0.364. The fourth-order valence-electron chi connectivity index (χ4n) is 1.88. The quantitative estimate of drug-likeness (QED) is 0.815. The number of urea groups is 1. The van der Waals surface area contributed by atoms with Crippen molar-refractivity contribution in [3.05, 3.63) is 30.1 Å². The first-order valence-electron chi connectivity index (χ1n) is 5.95.